The molecule has 18 heavy (non-hydrogen) atoms. The number of ether oxygens (including phenoxy) is 2. The smallest absolute Gasteiger partial charge is 0.0701 e. The van der Waals surface area contributed by atoms with Crippen molar-refractivity contribution in [1.82, 2.24) is 0 Å². The van der Waals surface area contributed by atoms with Crippen LogP contribution in [0.4, 0.5) is 0 Å². The molecule has 0 spiro atoms. The fourth-order valence-electron chi connectivity index (χ4n) is 1.91. The third-order valence-electron chi connectivity index (χ3n) is 2.84. The summed E-state index contributed by atoms with van der Waals surface area (Å²) in [5.41, 5.74) is 9.77. The van der Waals surface area contributed by atoms with Crippen LogP contribution < -0.4 is 5.73 Å². The fraction of sp³-hybridized carbons (Fsp3) is 0.600. The highest BCUT2D eigenvalue weighted by Crippen LogP contribution is 2.17. The molecule has 0 heterocycles. The number of aryl methyl sites for hydroxylation is 2. The van der Waals surface area contributed by atoms with Gasteiger partial charge in [-0.25, -0.2) is 0 Å². The van der Waals surface area contributed by atoms with E-state index in [4.69, 9.17) is 15.2 Å². The van der Waals surface area contributed by atoms with Gasteiger partial charge in [0.05, 0.1) is 25.9 Å². The Hall–Kier alpha value is -0.900. The molecule has 0 bridgehead atoms. The zero-order valence-electron chi connectivity index (χ0n) is 11.7. The van der Waals surface area contributed by atoms with Gasteiger partial charge in [0, 0.05) is 6.61 Å². The predicted octanol–water partition coefficient (Wildman–Crippen LogP) is 2.75. The van der Waals surface area contributed by atoms with Gasteiger partial charge in [0.2, 0.25) is 0 Å². The quantitative estimate of drug-likeness (QED) is 0.723. The van der Waals surface area contributed by atoms with E-state index in [9.17, 15) is 0 Å². The molecule has 0 aliphatic carbocycles. The van der Waals surface area contributed by atoms with E-state index < -0.39 is 0 Å². The summed E-state index contributed by atoms with van der Waals surface area (Å²) in [6.45, 7) is 8.87. The lowest BCUT2D eigenvalue weighted by Crippen LogP contribution is -2.19. The highest BCUT2D eigenvalue weighted by molar-refractivity contribution is 5.32. The molecule has 102 valence electrons. The molecule has 2 N–H and O–H groups in total. The van der Waals surface area contributed by atoms with Crippen molar-refractivity contribution in [3.05, 3.63) is 34.9 Å². The van der Waals surface area contributed by atoms with Crippen molar-refractivity contribution in [2.75, 3.05) is 26.4 Å². The summed E-state index contributed by atoms with van der Waals surface area (Å²) in [6.07, 6.45) is 1.04. The summed E-state index contributed by atoms with van der Waals surface area (Å²) in [5.74, 6) is 0. The van der Waals surface area contributed by atoms with Crippen LogP contribution in [0, 0.1) is 13.8 Å². The van der Waals surface area contributed by atoms with Crippen molar-refractivity contribution in [2.24, 2.45) is 5.73 Å². The Morgan fingerprint density at radius 3 is 2.50 bits per heavy atom. The molecule has 0 amide bonds. The number of hydrogen-bond acceptors (Lipinski definition) is 3. The molecule has 1 aromatic carbocycles. The fourth-order valence-corrected chi connectivity index (χ4v) is 1.91. The second-order valence-corrected chi connectivity index (χ2v) is 4.65. The highest BCUT2D eigenvalue weighted by atomic mass is 16.5. The van der Waals surface area contributed by atoms with Crippen LogP contribution in [-0.2, 0) is 9.47 Å². The number of nitrogens with two attached hydrogens (primary N) is 1. The van der Waals surface area contributed by atoms with Crippen LogP contribution in [0.25, 0.3) is 0 Å². The normalized spacial score (nSPS) is 12.7. The van der Waals surface area contributed by atoms with Crippen LogP contribution in [-0.4, -0.2) is 26.4 Å². The van der Waals surface area contributed by atoms with Crippen LogP contribution in [0.15, 0.2) is 18.2 Å². The molecule has 1 aromatic rings. The zero-order chi connectivity index (χ0) is 13.4. The van der Waals surface area contributed by atoms with Gasteiger partial charge in [0.15, 0.2) is 0 Å². The summed E-state index contributed by atoms with van der Waals surface area (Å²) >= 11 is 0. The lowest BCUT2D eigenvalue weighted by atomic mass is 10.0. The number of hydrogen-bond donors (Lipinski definition) is 1. The molecular formula is C15H25NO2. The first-order valence-electron chi connectivity index (χ1n) is 6.63. The van der Waals surface area contributed by atoms with Gasteiger partial charge in [0.1, 0.15) is 0 Å². The largest absolute Gasteiger partial charge is 0.379 e. The van der Waals surface area contributed by atoms with Crippen LogP contribution in [0.1, 0.15) is 36.1 Å². The minimum atomic E-state index is -0.0585. The molecular weight excluding hydrogens is 226 g/mol. The van der Waals surface area contributed by atoms with Crippen LogP contribution >= 0.6 is 0 Å². The topological polar surface area (TPSA) is 44.5 Å². The van der Waals surface area contributed by atoms with Crippen molar-refractivity contribution in [2.45, 2.75) is 33.2 Å². The zero-order valence-corrected chi connectivity index (χ0v) is 11.7. The highest BCUT2D eigenvalue weighted by Gasteiger charge is 2.08. The second-order valence-electron chi connectivity index (χ2n) is 4.65. The third-order valence-corrected chi connectivity index (χ3v) is 2.84. The van der Waals surface area contributed by atoms with Gasteiger partial charge in [-0.1, -0.05) is 30.7 Å². The van der Waals surface area contributed by atoms with E-state index in [0.717, 1.165) is 18.6 Å². The molecule has 0 fully saturated rings. The Bertz CT molecular complexity index is 352. The molecule has 3 heteroatoms. The maximum Gasteiger partial charge on any atom is 0.0701 e. The molecule has 0 radical (unpaired) electrons. The maximum atomic E-state index is 6.12. The average molecular weight is 251 g/mol. The minimum Gasteiger partial charge on any atom is -0.379 e. The number of benzene rings is 1. The van der Waals surface area contributed by atoms with Crippen LogP contribution in [0.5, 0.6) is 0 Å². The summed E-state index contributed by atoms with van der Waals surface area (Å²) in [7, 11) is 0. The van der Waals surface area contributed by atoms with Gasteiger partial charge in [-0.2, -0.15) is 0 Å². The van der Waals surface area contributed by atoms with Crippen LogP contribution in [0.3, 0.4) is 0 Å². The minimum absolute atomic E-state index is 0.0585. The van der Waals surface area contributed by atoms with Crippen molar-refractivity contribution in [1.29, 1.82) is 0 Å². The van der Waals surface area contributed by atoms with E-state index in [1.54, 1.807) is 0 Å². The Balaban J connectivity index is 2.29. The molecule has 3 nitrogen and oxygen atoms in total. The molecule has 1 rings (SSSR count). The van der Waals surface area contributed by atoms with E-state index in [-0.39, 0.29) is 6.04 Å². The van der Waals surface area contributed by atoms with Crippen molar-refractivity contribution in [3.8, 4) is 0 Å². The lowest BCUT2D eigenvalue weighted by molar-refractivity contribution is 0.0427. The molecule has 1 unspecified atom stereocenters. The van der Waals surface area contributed by atoms with E-state index in [1.807, 2.05) is 0 Å². The van der Waals surface area contributed by atoms with E-state index >= 15 is 0 Å². The van der Waals surface area contributed by atoms with Gasteiger partial charge >= 0.3 is 0 Å². The summed E-state index contributed by atoms with van der Waals surface area (Å²) in [4.78, 5) is 0. The van der Waals surface area contributed by atoms with Gasteiger partial charge in [-0.05, 0) is 31.4 Å². The summed E-state index contributed by atoms with van der Waals surface area (Å²) in [6, 6.07) is 6.27. The van der Waals surface area contributed by atoms with Gasteiger partial charge < -0.3 is 15.2 Å². The van der Waals surface area contributed by atoms with Crippen molar-refractivity contribution < 1.29 is 9.47 Å². The molecule has 1 atom stereocenters. The van der Waals surface area contributed by atoms with E-state index in [2.05, 4.69) is 39.0 Å². The molecule has 0 aliphatic rings. The number of rotatable bonds is 8. The Morgan fingerprint density at radius 2 is 1.83 bits per heavy atom. The molecule has 0 aromatic heterocycles. The second kappa shape index (κ2) is 8.25. The van der Waals surface area contributed by atoms with Gasteiger partial charge in [-0.15, -0.1) is 0 Å². The first-order valence-corrected chi connectivity index (χ1v) is 6.63. The summed E-state index contributed by atoms with van der Waals surface area (Å²) in [5, 5.41) is 0. The average Bonchev–Trinajstić information content (AvgIpc) is 2.33. The Morgan fingerprint density at radius 1 is 1.11 bits per heavy atom. The standard InChI is InChI=1S/C15H25NO2/c1-4-7-17-8-9-18-11-15(16)14-6-5-12(2)10-13(14)3/h5-6,10,15H,4,7-9,11,16H2,1-3H3. The first kappa shape index (κ1) is 15.2. The summed E-state index contributed by atoms with van der Waals surface area (Å²) < 4.78 is 10.9. The van der Waals surface area contributed by atoms with Gasteiger partial charge in [-0.3, -0.25) is 0 Å². The van der Waals surface area contributed by atoms with Crippen molar-refractivity contribution >= 4 is 0 Å². The SMILES string of the molecule is CCCOCCOCC(N)c1ccc(C)cc1C. The van der Waals surface area contributed by atoms with Gasteiger partial charge in [0.25, 0.3) is 0 Å². The Kier molecular flexibility index (Phi) is 6.94. The van der Waals surface area contributed by atoms with E-state index in [1.165, 1.54) is 11.1 Å². The van der Waals surface area contributed by atoms with E-state index in [0.29, 0.717) is 19.8 Å². The van der Waals surface area contributed by atoms with Crippen LogP contribution in [0.2, 0.25) is 0 Å². The molecule has 0 aliphatic heterocycles. The maximum absolute atomic E-state index is 6.12. The lowest BCUT2D eigenvalue weighted by Gasteiger charge is -2.15. The third kappa shape index (κ3) is 5.17. The predicted molar refractivity (Wildman–Crippen MR) is 74.8 cm³/mol. The van der Waals surface area contributed by atoms with Crippen molar-refractivity contribution in [3.63, 3.8) is 0 Å². The first-order chi connectivity index (χ1) is 8.65. The molecule has 0 saturated heterocycles. The monoisotopic (exact) mass is 251 g/mol. The Labute approximate surface area is 110 Å². The molecule has 0 saturated carbocycles.